The van der Waals surface area contributed by atoms with E-state index in [9.17, 15) is 4.79 Å². The van der Waals surface area contributed by atoms with E-state index in [2.05, 4.69) is 33.1 Å². The molecule has 0 unspecified atom stereocenters. The molecule has 0 fully saturated rings. The topological polar surface area (TPSA) is 64.4 Å². The van der Waals surface area contributed by atoms with Crippen LogP contribution >= 0.6 is 0 Å². The van der Waals surface area contributed by atoms with Crippen molar-refractivity contribution >= 4 is 5.91 Å². The average molecular weight is 306 g/mol. The predicted molar refractivity (Wildman–Crippen MR) is 91.1 cm³/mol. The fourth-order valence-electron chi connectivity index (χ4n) is 3.15. The number of amides is 1. The smallest absolute Gasteiger partial charge is 0.265 e. The zero-order chi connectivity index (χ0) is 16.9. The molecule has 0 bridgehead atoms. The number of nitrogen functional groups attached to an aromatic ring is 1. The molecule has 3 N–H and O–H groups in total. The number of hydrazine groups is 1. The Labute approximate surface area is 134 Å². The first-order valence-electron chi connectivity index (χ1n) is 8.02. The molecule has 0 spiro atoms. The van der Waals surface area contributed by atoms with Gasteiger partial charge in [0.15, 0.2) is 0 Å². The molecule has 1 rings (SSSR count). The molecule has 1 atom stereocenters. The van der Waals surface area contributed by atoms with E-state index in [1.165, 1.54) is 5.56 Å². The molecular weight excluding hydrogens is 276 g/mol. The Hall–Kier alpha value is -1.55. The van der Waals surface area contributed by atoms with Gasteiger partial charge in [0.25, 0.3) is 5.91 Å². The summed E-state index contributed by atoms with van der Waals surface area (Å²) in [6.45, 7) is 11.0. The molecular formula is C18H30N2O2. The van der Waals surface area contributed by atoms with Crippen LogP contribution in [0.3, 0.4) is 0 Å². The highest BCUT2D eigenvalue weighted by atomic mass is 16.5. The molecule has 22 heavy (non-hydrogen) atoms. The van der Waals surface area contributed by atoms with Gasteiger partial charge >= 0.3 is 0 Å². The van der Waals surface area contributed by atoms with Crippen LogP contribution in [0.4, 0.5) is 0 Å². The Kier molecular flexibility index (Phi) is 6.42. The highest BCUT2D eigenvalue weighted by Crippen LogP contribution is 2.44. The molecule has 0 aromatic heterocycles. The lowest BCUT2D eigenvalue weighted by Crippen LogP contribution is -2.31. The number of nitrogens with two attached hydrogens (primary N) is 1. The van der Waals surface area contributed by atoms with Crippen LogP contribution in [0.25, 0.3) is 0 Å². The minimum absolute atomic E-state index is 0.131. The van der Waals surface area contributed by atoms with Crippen molar-refractivity contribution in [3.63, 3.8) is 0 Å². The maximum atomic E-state index is 12.0. The highest BCUT2D eigenvalue weighted by Gasteiger charge is 2.30. The third kappa shape index (κ3) is 3.80. The fraction of sp³-hybridized carbons (Fsp3) is 0.611. The summed E-state index contributed by atoms with van der Waals surface area (Å²) < 4.78 is 5.70. The summed E-state index contributed by atoms with van der Waals surface area (Å²) in [5, 5.41) is 0. The first kappa shape index (κ1) is 18.5. The zero-order valence-corrected chi connectivity index (χ0v) is 14.7. The quantitative estimate of drug-likeness (QED) is 0.477. The molecule has 0 aliphatic rings. The van der Waals surface area contributed by atoms with Gasteiger partial charge in [-0.3, -0.25) is 10.2 Å². The number of nitrogens with one attached hydrogen (secondary N) is 1. The number of rotatable bonds is 6. The lowest BCUT2D eigenvalue weighted by Gasteiger charge is -2.33. The van der Waals surface area contributed by atoms with Crippen LogP contribution in [0.1, 0.15) is 74.9 Å². The predicted octanol–water partition coefficient (Wildman–Crippen LogP) is 3.79. The number of carbonyl (C=O) groups is 1. The van der Waals surface area contributed by atoms with Crippen molar-refractivity contribution in [2.24, 2.45) is 11.3 Å². The normalized spacial score (nSPS) is 12.9. The van der Waals surface area contributed by atoms with E-state index in [0.717, 1.165) is 30.6 Å². The first-order valence-corrected chi connectivity index (χ1v) is 8.02. The second-order valence-corrected chi connectivity index (χ2v) is 6.75. The summed E-state index contributed by atoms with van der Waals surface area (Å²) in [4.78, 5) is 12.0. The Morgan fingerprint density at radius 1 is 1.32 bits per heavy atom. The molecule has 1 aromatic carbocycles. The van der Waals surface area contributed by atoms with Crippen LogP contribution in [-0.4, -0.2) is 13.0 Å². The van der Waals surface area contributed by atoms with Crippen molar-refractivity contribution in [2.75, 3.05) is 7.11 Å². The lowest BCUT2D eigenvalue weighted by atomic mass is 9.73. The van der Waals surface area contributed by atoms with E-state index in [1.54, 1.807) is 7.11 Å². The lowest BCUT2D eigenvalue weighted by molar-refractivity contribution is 0.0952. The molecule has 1 aromatic rings. The van der Waals surface area contributed by atoms with E-state index in [1.807, 2.05) is 19.1 Å². The molecule has 0 radical (unpaired) electrons. The van der Waals surface area contributed by atoms with Crippen molar-refractivity contribution in [1.82, 2.24) is 5.43 Å². The summed E-state index contributed by atoms with van der Waals surface area (Å²) >= 11 is 0. The van der Waals surface area contributed by atoms with Gasteiger partial charge in [0, 0.05) is 11.1 Å². The maximum Gasteiger partial charge on any atom is 0.265 e. The first-order chi connectivity index (χ1) is 10.3. The second kappa shape index (κ2) is 7.63. The van der Waals surface area contributed by atoms with Crippen molar-refractivity contribution in [3.8, 4) is 5.75 Å². The Balaban J connectivity index is 3.52. The number of carbonyl (C=O) groups excluding carboxylic acids is 1. The largest absolute Gasteiger partial charge is 0.496 e. The van der Waals surface area contributed by atoms with Gasteiger partial charge in [0.05, 0.1) is 7.11 Å². The van der Waals surface area contributed by atoms with E-state index in [4.69, 9.17) is 10.6 Å². The van der Waals surface area contributed by atoms with Gasteiger partial charge in [-0.25, -0.2) is 5.84 Å². The van der Waals surface area contributed by atoms with Crippen LogP contribution in [0.2, 0.25) is 0 Å². The van der Waals surface area contributed by atoms with Gasteiger partial charge in [0.1, 0.15) is 5.75 Å². The van der Waals surface area contributed by atoms with Gasteiger partial charge in [-0.15, -0.1) is 0 Å². The minimum atomic E-state index is -0.274. The fourth-order valence-corrected chi connectivity index (χ4v) is 3.15. The average Bonchev–Trinajstić information content (AvgIpc) is 2.49. The van der Waals surface area contributed by atoms with Gasteiger partial charge in [0.2, 0.25) is 0 Å². The van der Waals surface area contributed by atoms with Gasteiger partial charge in [-0.2, -0.15) is 0 Å². The van der Waals surface area contributed by atoms with Gasteiger partial charge in [-0.05, 0) is 35.8 Å². The maximum absolute atomic E-state index is 12.0. The number of hydrogen-bond donors (Lipinski definition) is 2. The van der Waals surface area contributed by atoms with E-state index in [0.29, 0.717) is 11.5 Å². The van der Waals surface area contributed by atoms with Crippen LogP contribution < -0.4 is 16.0 Å². The standard InChI is InChI=1S/C18H30N2O2/c1-7-9-15(18(3,4)5)14-11-10-13(17(21)20-19)12(8-2)16(14)22-6/h10-11,15H,7-9,19H2,1-6H3,(H,20,21)/t15-/m0/s1. The summed E-state index contributed by atoms with van der Waals surface area (Å²) in [5.74, 6) is 6.23. The zero-order valence-electron chi connectivity index (χ0n) is 14.7. The Morgan fingerprint density at radius 2 is 1.95 bits per heavy atom. The van der Waals surface area contributed by atoms with Crippen LogP contribution in [-0.2, 0) is 6.42 Å². The Morgan fingerprint density at radius 3 is 2.36 bits per heavy atom. The summed E-state index contributed by atoms with van der Waals surface area (Å²) in [6, 6.07) is 3.89. The molecule has 124 valence electrons. The number of hydrogen-bond acceptors (Lipinski definition) is 3. The number of ether oxygens (including phenoxy) is 1. The van der Waals surface area contributed by atoms with Crippen molar-refractivity contribution in [3.05, 3.63) is 28.8 Å². The monoisotopic (exact) mass is 306 g/mol. The third-order valence-electron chi connectivity index (χ3n) is 4.22. The van der Waals surface area contributed by atoms with E-state index >= 15 is 0 Å². The molecule has 0 saturated heterocycles. The molecule has 0 aliphatic heterocycles. The molecule has 0 aliphatic carbocycles. The van der Waals surface area contributed by atoms with Crippen molar-refractivity contribution in [2.45, 2.75) is 59.8 Å². The van der Waals surface area contributed by atoms with E-state index in [-0.39, 0.29) is 11.3 Å². The molecule has 0 saturated carbocycles. The third-order valence-corrected chi connectivity index (χ3v) is 4.22. The van der Waals surface area contributed by atoms with Gasteiger partial charge < -0.3 is 4.74 Å². The number of methoxy groups -OCH3 is 1. The van der Waals surface area contributed by atoms with E-state index < -0.39 is 0 Å². The molecule has 0 heterocycles. The Bertz CT molecular complexity index is 519. The minimum Gasteiger partial charge on any atom is -0.496 e. The summed E-state index contributed by atoms with van der Waals surface area (Å²) in [6.07, 6.45) is 2.92. The van der Waals surface area contributed by atoms with Crippen LogP contribution in [0, 0.1) is 5.41 Å². The summed E-state index contributed by atoms with van der Waals surface area (Å²) in [5.41, 5.74) is 5.05. The highest BCUT2D eigenvalue weighted by molar-refractivity contribution is 5.96. The van der Waals surface area contributed by atoms with Crippen LogP contribution in [0.15, 0.2) is 12.1 Å². The molecule has 4 nitrogen and oxygen atoms in total. The SMILES string of the molecule is CCC[C@@H](c1ccc(C(=O)NN)c(CC)c1OC)C(C)(C)C. The molecule has 1 amide bonds. The van der Waals surface area contributed by atoms with Crippen LogP contribution in [0.5, 0.6) is 5.75 Å². The van der Waals surface area contributed by atoms with Crippen molar-refractivity contribution < 1.29 is 9.53 Å². The number of benzene rings is 1. The van der Waals surface area contributed by atoms with Gasteiger partial charge in [-0.1, -0.05) is 47.1 Å². The summed E-state index contributed by atoms with van der Waals surface area (Å²) in [7, 11) is 1.67. The molecule has 4 heteroatoms. The second-order valence-electron chi connectivity index (χ2n) is 6.75. The van der Waals surface area contributed by atoms with Crippen molar-refractivity contribution in [1.29, 1.82) is 0 Å².